The fraction of sp³-hybridized carbons (Fsp3) is 0.933. The molecule has 0 aromatic heterocycles. The number of unbranched alkanes of at least 4 members (excludes halogenated alkanes) is 1. The van der Waals surface area contributed by atoms with Crippen LogP contribution in [0, 0.1) is 11.8 Å². The Kier molecular flexibility index (Phi) is 5.33. The summed E-state index contributed by atoms with van der Waals surface area (Å²) in [5.41, 5.74) is 0. The average Bonchev–Trinajstić information content (AvgIpc) is 2.81. The molecule has 1 aliphatic carbocycles. The van der Waals surface area contributed by atoms with Gasteiger partial charge >= 0.3 is 0 Å². The lowest BCUT2D eigenvalue weighted by molar-refractivity contribution is 0.299. The van der Waals surface area contributed by atoms with Crippen molar-refractivity contribution in [3.05, 3.63) is 0 Å². The second-order valence-corrected chi connectivity index (χ2v) is 5.80. The predicted molar refractivity (Wildman–Crippen MR) is 77.9 cm³/mol. The SMILES string of the molecule is CCCCN=C(NCC)N1CC2CCCCC2C1. The Labute approximate surface area is 112 Å². The molecule has 1 saturated carbocycles. The zero-order valence-corrected chi connectivity index (χ0v) is 12.1. The monoisotopic (exact) mass is 251 g/mol. The second-order valence-electron chi connectivity index (χ2n) is 5.80. The van der Waals surface area contributed by atoms with Gasteiger partial charge in [0.25, 0.3) is 0 Å². The molecular formula is C15H29N3. The fourth-order valence-electron chi connectivity index (χ4n) is 3.35. The first kappa shape index (κ1) is 13.7. The van der Waals surface area contributed by atoms with Crippen LogP contribution >= 0.6 is 0 Å². The number of nitrogens with one attached hydrogen (secondary N) is 1. The molecule has 3 nitrogen and oxygen atoms in total. The van der Waals surface area contributed by atoms with E-state index >= 15 is 0 Å². The zero-order chi connectivity index (χ0) is 12.8. The van der Waals surface area contributed by atoms with Crippen molar-refractivity contribution in [1.82, 2.24) is 10.2 Å². The van der Waals surface area contributed by atoms with Crippen molar-refractivity contribution in [3.63, 3.8) is 0 Å². The molecule has 0 aromatic carbocycles. The highest BCUT2D eigenvalue weighted by molar-refractivity contribution is 5.80. The summed E-state index contributed by atoms with van der Waals surface area (Å²) in [6, 6.07) is 0. The molecule has 1 heterocycles. The van der Waals surface area contributed by atoms with Gasteiger partial charge in [0.2, 0.25) is 0 Å². The highest BCUT2D eigenvalue weighted by Crippen LogP contribution is 2.35. The van der Waals surface area contributed by atoms with Gasteiger partial charge in [-0.25, -0.2) is 0 Å². The van der Waals surface area contributed by atoms with Crippen molar-refractivity contribution < 1.29 is 0 Å². The van der Waals surface area contributed by atoms with Crippen LogP contribution in [0.2, 0.25) is 0 Å². The van der Waals surface area contributed by atoms with Gasteiger partial charge < -0.3 is 10.2 Å². The van der Waals surface area contributed by atoms with Crippen molar-refractivity contribution in [2.24, 2.45) is 16.8 Å². The van der Waals surface area contributed by atoms with E-state index in [9.17, 15) is 0 Å². The number of guanidine groups is 1. The van der Waals surface area contributed by atoms with E-state index in [1.807, 2.05) is 0 Å². The van der Waals surface area contributed by atoms with Crippen LogP contribution in [-0.2, 0) is 0 Å². The summed E-state index contributed by atoms with van der Waals surface area (Å²) in [6.45, 7) is 8.83. The Bertz CT molecular complexity index is 261. The van der Waals surface area contributed by atoms with Crippen LogP contribution in [0.25, 0.3) is 0 Å². The first-order chi connectivity index (χ1) is 8.85. The maximum atomic E-state index is 4.77. The van der Waals surface area contributed by atoms with Gasteiger partial charge in [0.15, 0.2) is 5.96 Å². The molecule has 2 rings (SSSR count). The number of nitrogens with zero attached hydrogens (tertiary/aromatic N) is 2. The molecule has 3 heteroatoms. The number of likely N-dealkylation sites (tertiary alicyclic amines) is 1. The molecule has 2 unspecified atom stereocenters. The smallest absolute Gasteiger partial charge is 0.193 e. The van der Waals surface area contributed by atoms with Gasteiger partial charge in [-0.15, -0.1) is 0 Å². The first-order valence-electron chi connectivity index (χ1n) is 7.88. The van der Waals surface area contributed by atoms with Gasteiger partial charge in [-0.1, -0.05) is 26.2 Å². The maximum absolute atomic E-state index is 4.77. The van der Waals surface area contributed by atoms with E-state index in [1.54, 1.807) is 0 Å². The summed E-state index contributed by atoms with van der Waals surface area (Å²) < 4.78 is 0. The molecular weight excluding hydrogens is 222 g/mol. The lowest BCUT2D eigenvalue weighted by Crippen LogP contribution is -2.40. The van der Waals surface area contributed by atoms with Crippen molar-refractivity contribution in [1.29, 1.82) is 0 Å². The average molecular weight is 251 g/mol. The molecule has 2 fully saturated rings. The van der Waals surface area contributed by atoms with Gasteiger partial charge in [0.05, 0.1) is 0 Å². The Morgan fingerprint density at radius 3 is 2.39 bits per heavy atom. The van der Waals surface area contributed by atoms with Crippen LogP contribution in [0.3, 0.4) is 0 Å². The molecule has 18 heavy (non-hydrogen) atoms. The van der Waals surface area contributed by atoms with Crippen molar-refractivity contribution in [2.45, 2.75) is 52.4 Å². The topological polar surface area (TPSA) is 27.6 Å². The van der Waals surface area contributed by atoms with Crippen LogP contribution in [0.15, 0.2) is 4.99 Å². The number of fused-ring (bicyclic) bond motifs is 1. The summed E-state index contributed by atoms with van der Waals surface area (Å²) in [7, 11) is 0. The van der Waals surface area contributed by atoms with Crippen LogP contribution in [0.4, 0.5) is 0 Å². The molecule has 1 saturated heterocycles. The second kappa shape index (κ2) is 7.01. The number of rotatable bonds is 4. The van der Waals surface area contributed by atoms with Crippen LogP contribution in [0.5, 0.6) is 0 Å². The van der Waals surface area contributed by atoms with E-state index in [-0.39, 0.29) is 0 Å². The third-order valence-electron chi connectivity index (χ3n) is 4.38. The molecule has 0 spiro atoms. The highest BCUT2D eigenvalue weighted by atomic mass is 15.3. The molecule has 0 radical (unpaired) electrons. The van der Waals surface area contributed by atoms with Crippen LogP contribution in [0.1, 0.15) is 52.4 Å². The largest absolute Gasteiger partial charge is 0.357 e. The molecule has 1 aliphatic heterocycles. The lowest BCUT2D eigenvalue weighted by Gasteiger charge is -2.22. The van der Waals surface area contributed by atoms with E-state index in [0.29, 0.717) is 0 Å². The summed E-state index contributed by atoms with van der Waals surface area (Å²) in [5.74, 6) is 3.04. The van der Waals surface area contributed by atoms with Gasteiger partial charge in [-0.05, 0) is 38.0 Å². The summed E-state index contributed by atoms with van der Waals surface area (Å²) >= 11 is 0. The quantitative estimate of drug-likeness (QED) is 0.473. The number of hydrogen-bond donors (Lipinski definition) is 1. The number of aliphatic imine (C=N–C) groups is 1. The van der Waals surface area contributed by atoms with Crippen LogP contribution < -0.4 is 5.32 Å². The highest BCUT2D eigenvalue weighted by Gasteiger charge is 2.35. The molecule has 104 valence electrons. The zero-order valence-electron chi connectivity index (χ0n) is 12.1. The Morgan fingerprint density at radius 2 is 1.83 bits per heavy atom. The molecule has 2 atom stereocenters. The Morgan fingerprint density at radius 1 is 1.17 bits per heavy atom. The Hall–Kier alpha value is -0.730. The van der Waals surface area contributed by atoms with Crippen molar-refractivity contribution >= 4 is 5.96 Å². The van der Waals surface area contributed by atoms with Gasteiger partial charge in [-0.3, -0.25) is 4.99 Å². The molecule has 1 N–H and O–H groups in total. The molecule has 0 amide bonds. The first-order valence-corrected chi connectivity index (χ1v) is 7.88. The standard InChI is InChI=1S/C15H29N3/c1-3-5-10-17-15(16-4-2)18-11-13-8-6-7-9-14(13)12-18/h13-14H,3-12H2,1-2H3,(H,16,17). The minimum atomic E-state index is 0.939. The molecule has 0 aromatic rings. The fourth-order valence-corrected chi connectivity index (χ4v) is 3.35. The normalized spacial score (nSPS) is 28.3. The van der Waals surface area contributed by atoms with Crippen molar-refractivity contribution in [3.8, 4) is 0 Å². The summed E-state index contributed by atoms with van der Waals surface area (Å²) in [5, 5.41) is 3.47. The van der Waals surface area contributed by atoms with E-state index in [2.05, 4.69) is 24.1 Å². The summed E-state index contributed by atoms with van der Waals surface area (Å²) in [4.78, 5) is 7.29. The molecule has 0 bridgehead atoms. The third kappa shape index (κ3) is 3.39. The van der Waals surface area contributed by atoms with Crippen LogP contribution in [-0.4, -0.2) is 37.0 Å². The minimum Gasteiger partial charge on any atom is -0.357 e. The van der Waals surface area contributed by atoms with Gasteiger partial charge in [0, 0.05) is 26.2 Å². The third-order valence-corrected chi connectivity index (χ3v) is 4.38. The van der Waals surface area contributed by atoms with E-state index in [0.717, 1.165) is 24.9 Å². The lowest BCUT2D eigenvalue weighted by atomic mass is 9.82. The summed E-state index contributed by atoms with van der Waals surface area (Å²) in [6.07, 6.45) is 8.20. The van der Waals surface area contributed by atoms with Gasteiger partial charge in [-0.2, -0.15) is 0 Å². The van der Waals surface area contributed by atoms with E-state index in [1.165, 1.54) is 57.6 Å². The maximum Gasteiger partial charge on any atom is 0.193 e. The number of hydrogen-bond acceptors (Lipinski definition) is 1. The minimum absolute atomic E-state index is 0.939. The van der Waals surface area contributed by atoms with Crippen molar-refractivity contribution in [2.75, 3.05) is 26.2 Å². The molecule has 2 aliphatic rings. The Balaban J connectivity index is 1.92. The van der Waals surface area contributed by atoms with E-state index in [4.69, 9.17) is 4.99 Å². The van der Waals surface area contributed by atoms with Gasteiger partial charge in [0.1, 0.15) is 0 Å². The van der Waals surface area contributed by atoms with E-state index < -0.39 is 0 Å². The predicted octanol–water partition coefficient (Wildman–Crippen LogP) is 2.87.